The van der Waals surface area contributed by atoms with Gasteiger partial charge in [0.05, 0.1) is 20.5 Å². The first kappa shape index (κ1) is 15.6. The third-order valence-electron chi connectivity index (χ3n) is 2.34. The molecule has 0 unspecified atom stereocenters. The zero-order valence-electron chi connectivity index (χ0n) is 9.59. The first-order valence-electron chi connectivity index (χ1n) is 5.21. The van der Waals surface area contributed by atoms with E-state index in [0.29, 0.717) is 12.8 Å². The van der Waals surface area contributed by atoms with Gasteiger partial charge < -0.3 is 5.32 Å². The Balaban J connectivity index is 2.27. The van der Waals surface area contributed by atoms with Crippen LogP contribution in [0.4, 0.5) is 18.9 Å². The highest BCUT2D eigenvalue weighted by Crippen LogP contribution is 2.33. The Morgan fingerprint density at radius 3 is 2.50 bits per heavy atom. The highest BCUT2D eigenvalue weighted by Gasteiger charge is 2.31. The zero-order chi connectivity index (χ0) is 14.9. The Kier molecular flexibility index (Phi) is 4.60. The minimum Gasteiger partial charge on any atom is -0.320 e. The molecule has 0 radical (unpaired) electrons. The van der Waals surface area contributed by atoms with E-state index in [4.69, 9.17) is 11.6 Å². The maximum absolute atomic E-state index is 12.6. The van der Waals surface area contributed by atoms with E-state index in [2.05, 4.69) is 5.32 Å². The topological polar surface area (TPSA) is 29.1 Å². The molecule has 2 rings (SSSR count). The van der Waals surface area contributed by atoms with E-state index in [1.165, 1.54) is 12.1 Å². The van der Waals surface area contributed by atoms with Crippen molar-refractivity contribution < 1.29 is 18.0 Å². The fourth-order valence-electron chi connectivity index (χ4n) is 1.42. The molecule has 0 saturated heterocycles. The lowest BCUT2D eigenvalue weighted by Gasteiger charge is -2.11. The second-order valence-corrected chi connectivity index (χ2v) is 6.63. The standard InChI is InChI=1S/C12H6ClF3INOS/c13-10-4-3-9(20-10)11(19)18-8-5-6(12(14,15)16)1-2-7(8)17/h1-5H,(H,18,19). The van der Waals surface area contributed by atoms with Crippen LogP contribution in [-0.2, 0) is 6.18 Å². The fraction of sp³-hybridized carbons (Fsp3) is 0.0833. The average molecular weight is 432 g/mol. The van der Waals surface area contributed by atoms with E-state index >= 15 is 0 Å². The number of amides is 1. The molecule has 0 spiro atoms. The number of rotatable bonds is 2. The van der Waals surface area contributed by atoms with Crippen molar-refractivity contribution in [3.63, 3.8) is 0 Å². The van der Waals surface area contributed by atoms with Crippen LogP contribution in [0.3, 0.4) is 0 Å². The van der Waals surface area contributed by atoms with Gasteiger partial charge >= 0.3 is 6.18 Å². The molecule has 106 valence electrons. The van der Waals surface area contributed by atoms with Gasteiger partial charge in [-0.2, -0.15) is 13.2 Å². The molecule has 0 fully saturated rings. The predicted molar refractivity (Wildman–Crippen MR) is 81.4 cm³/mol. The number of hydrogen-bond donors (Lipinski definition) is 1. The van der Waals surface area contributed by atoms with Crippen LogP contribution >= 0.6 is 45.5 Å². The number of alkyl halides is 3. The lowest BCUT2D eigenvalue weighted by molar-refractivity contribution is -0.137. The Hall–Kier alpha value is -0.800. The third kappa shape index (κ3) is 3.64. The SMILES string of the molecule is O=C(Nc1cc(C(F)(F)F)ccc1I)c1ccc(Cl)s1. The molecular weight excluding hydrogens is 426 g/mol. The monoisotopic (exact) mass is 431 g/mol. The fourth-order valence-corrected chi connectivity index (χ4v) is 2.83. The summed E-state index contributed by atoms with van der Waals surface area (Å²) < 4.78 is 38.9. The van der Waals surface area contributed by atoms with E-state index in [-0.39, 0.29) is 5.69 Å². The van der Waals surface area contributed by atoms with E-state index in [9.17, 15) is 18.0 Å². The van der Waals surface area contributed by atoms with Crippen LogP contribution in [0, 0.1) is 3.57 Å². The number of nitrogens with one attached hydrogen (secondary N) is 1. The largest absolute Gasteiger partial charge is 0.416 e. The number of thiophene rings is 1. The van der Waals surface area contributed by atoms with E-state index in [1.807, 2.05) is 22.6 Å². The van der Waals surface area contributed by atoms with Crippen molar-refractivity contribution in [2.45, 2.75) is 6.18 Å². The van der Waals surface area contributed by atoms with Gasteiger partial charge in [-0.05, 0) is 52.9 Å². The molecule has 2 aromatic rings. The minimum absolute atomic E-state index is 0.120. The molecule has 0 bridgehead atoms. The highest BCUT2D eigenvalue weighted by atomic mass is 127. The predicted octanol–water partition coefficient (Wildman–Crippen LogP) is 5.28. The van der Waals surface area contributed by atoms with Crippen molar-refractivity contribution in [2.75, 3.05) is 5.32 Å². The summed E-state index contributed by atoms with van der Waals surface area (Å²) in [5.74, 6) is -0.487. The summed E-state index contributed by atoms with van der Waals surface area (Å²) >= 11 is 8.63. The molecule has 1 amide bonds. The van der Waals surface area contributed by atoms with Gasteiger partial charge in [0.15, 0.2) is 0 Å². The van der Waals surface area contributed by atoms with Crippen LogP contribution in [0.15, 0.2) is 30.3 Å². The molecule has 20 heavy (non-hydrogen) atoms. The molecular formula is C12H6ClF3INOS. The third-order valence-corrected chi connectivity index (χ3v) is 4.51. The molecule has 1 aromatic carbocycles. The van der Waals surface area contributed by atoms with Crippen molar-refractivity contribution in [1.29, 1.82) is 0 Å². The molecule has 0 aliphatic heterocycles. The molecule has 8 heteroatoms. The minimum atomic E-state index is -4.45. The Bertz CT molecular complexity index is 656. The van der Waals surface area contributed by atoms with Crippen LogP contribution in [0.5, 0.6) is 0 Å². The molecule has 0 saturated carbocycles. The normalized spacial score (nSPS) is 11.4. The van der Waals surface area contributed by atoms with Crippen LogP contribution in [-0.4, -0.2) is 5.91 Å². The molecule has 1 aromatic heterocycles. The van der Waals surface area contributed by atoms with E-state index < -0.39 is 17.6 Å². The van der Waals surface area contributed by atoms with Gasteiger partial charge in [0, 0.05) is 3.57 Å². The van der Waals surface area contributed by atoms with Gasteiger partial charge in [-0.15, -0.1) is 11.3 Å². The second-order valence-electron chi connectivity index (χ2n) is 3.75. The first-order valence-corrected chi connectivity index (χ1v) is 7.48. The number of benzene rings is 1. The van der Waals surface area contributed by atoms with E-state index in [1.54, 1.807) is 6.07 Å². The van der Waals surface area contributed by atoms with Crippen molar-refractivity contribution in [2.24, 2.45) is 0 Å². The van der Waals surface area contributed by atoms with Crippen LogP contribution in [0.2, 0.25) is 4.34 Å². The Labute approximate surface area is 135 Å². The zero-order valence-corrected chi connectivity index (χ0v) is 13.3. The number of anilines is 1. The lowest BCUT2D eigenvalue weighted by Crippen LogP contribution is -2.13. The average Bonchev–Trinajstić information content (AvgIpc) is 2.77. The van der Waals surface area contributed by atoms with Gasteiger partial charge in [-0.1, -0.05) is 11.6 Å². The van der Waals surface area contributed by atoms with Crippen LogP contribution in [0.1, 0.15) is 15.2 Å². The van der Waals surface area contributed by atoms with Crippen LogP contribution < -0.4 is 5.32 Å². The number of carbonyl (C=O) groups is 1. The first-order chi connectivity index (χ1) is 9.27. The van der Waals surface area contributed by atoms with Crippen molar-refractivity contribution in [1.82, 2.24) is 0 Å². The molecule has 1 N–H and O–H groups in total. The van der Waals surface area contributed by atoms with Gasteiger partial charge in [0.25, 0.3) is 5.91 Å². The molecule has 0 aliphatic carbocycles. The van der Waals surface area contributed by atoms with Crippen molar-refractivity contribution in [3.05, 3.63) is 48.7 Å². The van der Waals surface area contributed by atoms with Crippen molar-refractivity contribution >= 4 is 57.1 Å². The summed E-state index contributed by atoms with van der Waals surface area (Å²) in [4.78, 5) is 12.2. The number of hydrogen-bond acceptors (Lipinski definition) is 2. The maximum Gasteiger partial charge on any atom is 0.416 e. The van der Waals surface area contributed by atoms with Crippen molar-refractivity contribution in [3.8, 4) is 0 Å². The summed E-state index contributed by atoms with van der Waals surface area (Å²) in [5, 5.41) is 2.46. The summed E-state index contributed by atoms with van der Waals surface area (Å²) in [7, 11) is 0. The maximum atomic E-state index is 12.6. The summed E-state index contributed by atoms with van der Waals surface area (Å²) in [5.41, 5.74) is -0.688. The summed E-state index contributed by atoms with van der Waals surface area (Å²) in [6.45, 7) is 0. The Morgan fingerprint density at radius 1 is 1.25 bits per heavy atom. The lowest BCUT2D eigenvalue weighted by atomic mass is 10.2. The number of halogens is 5. The molecule has 0 atom stereocenters. The summed E-state index contributed by atoms with van der Waals surface area (Å²) in [6.07, 6.45) is -4.45. The summed E-state index contributed by atoms with van der Waals surface area (Å²) in [6, 6.07) is 6.26. The van der Waals surface area contributed by atoms with Gasteiger partial charge in [-0.25, -0.2) is 0 Å². The van der Waals surface area contributed by atoms with Gasteiger partial charge in [-0.3, -0.25) is 4.79 Å². The van der Waals surface area contributed by atoms with E-state index in [0.717, 1.165) is 23.5 Å². The smallest absolute Gasteiger partial charge is 0.320 e. The van der Waals surface area contributed by atoms with Crippen LogP contribution in [0.25, 0.3) is 0 Å². The van der Waals surface area contributed by atoms with Gasteiger partial charge in [0.2, 0.25) is 0 Å². The molecule has 2 nitrogen and oxygen atoms in total. The second kappa shape index (κ2) is 5.90. The van der Waals surface area contributed by atoms with Gasteiger partial charge in [0.1, 0.15) is 0 Å². The quantitative estimate of drug-likeness (QED) is 0.644. The number of carbonyl (C=O) groups excluding carboxylic acids is 1. The highest BCUT2D eigenvalue weighted by molar-refractivity contribution is 14.1. The molecule has 1 heterocycles. The molecule has 0 aliphatic rings. The Morgan fingerprint density at radius 2 is 1.95 bits per heavy atom.